The third-order valence-electron chi connectivity index (χ3n) is 10.7. The summed E-state index contributed by atoms with van der Waals surface area (Å²) in [6.45, 7) is 5.12. The van der Waals surface area contributed by atoms with Crippen molar-refractivity contribution >= 4 is 91.9 Å². The highest BCUT2D eigenvalue weighted by atomic mass is 35.5. The monoisotopic (exact) mass is 935 g/mol. The third kappa shape index (κ3) is 10.9. The minimum atomic E-state index is -2.55. The number of fused-ring (bicyclic) bond motifs is 2. The van der Waals surface area contributed by atoms with Gasteiger partial charge in [0, 0.05) is 85.6 Å². The molecule has 330 valence electrons. The number of aromatic nitrogens is 5. The number of halogens is 5. The smallest absolute Gasteiger partial charge is 0.255 e. The largest absolute Gasteiger partial charge is 0.363 e. The van der Waals surface area contributed by atoms with E-state index >= 15 is 0 Å². The molecule has 1 amide bonds. The highest BCUT2D eigenvalue weighted by Crippen LogP contribution is 2.31. The molecule has 0 aliphatic carbocycles. The van der Waals surface area contributed by atoms with Gasteiger partial charge in [-0.3, -0.25) is 9.69 Å². The van der Waals surface area contributed by atoms with Crippen LogP contribution in [-0.2, 0) is 6.54 Å². The lowest BCUT2D eigenvalue weighted by Gasteiger charge is -2.36. The van der Waals surface area contributed by atoms with E-state index in [2.05, 4.69) is 47.7 Å². The van der Waals surface area contributed by atoms with Crippen LogP contribution in [0.5, 0.6) is 0 Å². The third-order valence-corrected chi connectivity index (χ3v) is 11.5. The first kappa shape index (κ1) is 44.7. The van der Waals surface area contributed by atoms with E-state index in [1.807, 2.05) is 17.0 Å². The Morgan fingerprint density at radius 3 is 1.86 bits per heavy atom. The number of carbonyl (C=O) groups excluding carboxylic acids is 1. The molecule has 20 heteroatoms. The zero-order valence-electron chi connectivity index (χ0n) is 34.4. The predicted molar refractivity (Wildman–Crippen MR) is 246 cm³/mol. The van der Waals surface area contributed by atoms with Gasteiger partial charge in [-0.2, -0.15) is 10.5 Å². The van der Waals surface area contributed by atoms with E-state index in [9.17, 15) is 18.8 Å². The van der Waals surface area contributed by atoms with E-state index in [4.69, 9.17) is 54.6 Å². The number of nitrogens with zero attached hydrogens (tertiary/aromatic N) is 11. The molecule has 2 aliphatic rings. The first-order chi connectivity index (χ1) is 31.5. The summed E-state index contributed by atoms with van der Waals surface area (Å²) in [5.74, 6) is 2.42. The van der Waals surface area contributed by atoms with Gasteiger partial charge in [0.25, 0.3) is 12.3 Å². The molecule has 0 radical (unpaired) electrons. The van der Waals surface area contributed by atoms with Crippen LogP contribution in [0.3, 0.4) is 0 Å². The quantitative estimate of drug-likeness (QED) is 0.133. The second-order valence-electron chi connectivity index (χ2n) is 15.0. The van der Waals surface area contributed by atoms with E-state index in [-0.39, 0.29) is 11.7 Å². The molecular formula is C45H38Cl3F2N13O2. The van der Waals surface area contributed by atoms with Crippen molar-refractivity contribution in [2.75, 3.05) is 79.3 Å². The van der Waals surface area contributed by atoms with Gasteiger partial charge >= 0.3 is 0 Å². The number of alkyl halides is 2. The Hall–Kier alpha value is -6.89. The van der Waals surface area contributed by atoms with E-state index < -0.39 is 13.0 Å². The Kier molecular flexibility index (Phi) is 14.0. The molecule has 0 atom stereocenters. The highest BCUT2D eigenvalue weighted by molar-refractivity contribution is 6.33. The average Bonchev–Trinajstić information content (AvgIpc) is 3.85. The van der Waals surface area contributed by atoms with Gasteiger partial charge in [0.2, 0.25) is 0 Å². The zero-order valence-corrected chi connectivity index (χ0v) is 36.7. The normalized spacial score (nSPS) is 14.2. The minimum Gasteiger partial charge on any atom is -0.363 e. The maximum absolute atomic E-state index is 12.8. The van der Waals surface area contributed by atoms with Crippen LogP contribution in [0.4, 0.5) is 37.9 Å². The maximum atomic E-state index is 12.8. The van der Waals surface area contributed by atoms with Crippen LogP contribution >= 0.6 is 34.8 Å². The number of hydrogen-bond acceptors (Lipinski definition) is 14. The van der Waals surface area contributed by atoms with Crippen LogP contribution in [-0.4, -0.2) is 106 Å². The lowest BCUT2D eigenvalue weighted by atomic mass is 10.2. The fourth-order valence-corrected chi connectivity index (χ4v) is 7.86. The molecule has 2 saturated heterocycles. The Morgan fingerprint density at radius 2 is 1.28 bits per heavy atom. The van der Waals surface area contributed by atoms with Crippen molar-refractivity contribution in [3.8, 4) is 12.1 Å². The van der Waals surface area contributed by atoms with Gasteiger partial charge in [-0.1, -0.05) is 40.0 Å². The van der Waals surface area contributed by atoms with Gasteiger partial charge in [-0.15, -0.1) is 0 Å². The number of piperazine rings is 2. The molecule has 2 aliphatic heterocycles. The first-order valence-corrected chi connectivity index (χ1v) is 21.5. The Bertz CT molecular complexity index is 2900. The van der Waals surface area contributed by atoms with Gasteiger partial charge < -0.3 is 29.9 Å². The second-order valence-corrected chi connectivity index (χ2v) is 16.3. The molecule has 9 rings (SSSR count). The summed E-state index contributed by atoms with van der Waals surface area (Å²) in [6.07, 6.45) is -1.05. The number of anilines is 5. The van der Waals surface area contributed by atoms with Crippen LogP contribution in [0.2, 0.25) is 15.1 Å². The molecule has 0 bridgehead atoms. The van der Waals surface area contributed by atoms with Crippen LogP contribution in [0.25, 0.3) is 22.1 Å². The summed E-state index contributed by atoms with van der Waals surface area (Å²) in [7, 11) is 0. The van der Waals surface area contributed by atoms with E-state index in [1.54, 1.807) is 77.7 Å². The average molecular weight is 937 g/mol. The van der Waals surface area contributed by atoms with Crippen molar-refractivity contribution in [2.45, 2.75) is 13.0 Å². The number of benzene rings is 4. The number of nitrogens with one attached hydrogen (secondary N) is 2. The number of amides is 1. The van der Waals surface area contributed by atoms with Crippen molar-refractivity contribution in [1.82, 2.24) is 34.9 Å². The summed E-state index contributed by atoms with van der Waals surface area (Å²) in [4.78, 5) is 39.6. The van der Waals surface area contributed by atoms with Gasteiger partial charge in [0.1, 0.15) is 6.26 Å². The van der Waals surface area contributed by atoms with Gasteiger partial charge in [0.15, 0.2) is 29.1 Å². The van der Waals surface area contributed by atoms with Crippen molar-refractivity contribution in [3.05, 3.63) is 129 Å². The molecule has 15 nitrogen and oxygen atoms in total. The Morgan fingerprint density at radius 1 is 0.692 bits per heavy atom. The summed E-state index contributed by atoms with van der Waals surface area (Å²) >= 11 is 18.4. The van der Waals surface area contributed by atoms with Crippen molar-refractivity contribution in [2.24, 2.45) is 0 Å². The lowest BCUT2D eigenvalue weighted by molar-refractivity contribution is 0.0746. The molecule has 7 aromatic rings. The molecule has 0 spiro atoms. The summed E-state index contributed by atoms with van der Waals surface area (Å²) in [6, 6.07) is 28.3. The molecule has 0 unspecified atom stereocenters. The molecular weight excluding hydrogens is 899 g/mol. The maximum Gasteiger partial charge on any atom is 0.255 e. The molecule has 65 heavy (non-hydrogen) atoms. The van der Waals surface area contributed by atoms with Crippen LogP contribution in [0.15, 0.2) is 95.7 Å². The summed E-state index contributed by atoms with van der Waals surface area (Å²) in [5.41, 5.74) is 4.91. The van der Waals surface area contributed by atoms with Gasteiger partial charge in [-0.05, 0) is 84.4 Å². The minimum absolute atomic E-state index is 0.0966. The number of nitriles is 2. The molecule has 2 fully saturated rings. The molecule has 0 saturated carbocycles. The van der Waals surface area contributed by atoms with Crippen molar-refractivity contribution in [3.63, 3.8) is 0 Å². The van der Waals surface area contributed by atoms with Crippen molar-refractivity contribution < 1.29 is 18.1 Å². The zero-order chi connectivity index (χ0) is 45.5. The van der Waals surface area contributed by atoms with Gasteiger partial charge in [-0.25, -0.2) is 28.7 Å². The fraction of sp³-hybridized carbons (Fsp3) is 0.244. The molecule has 5 heterocycles. The highest BCUT2D eigenvalue weighted by Gasteiger charge is 2.27. The summed E-state index contributed by atoms with van der Waals surface area (Å²) in [5, 5.41) is 30.2. The van der Waals surface area contributed by atoms with Crippen molar-refractivity contribution in [1.29, 1.82) is 10.5 Å². The van der Waals surface area contributed by atoms with Gasteiger partial charge in [0.05, 0.1) is 51.9 Å². The fourth-order valence-electron chi connectivity index (χ4n) is 7.36. The van der Waals surface area contributed by atoms with Crippen LogP contribution < -0.4 is 20.4 Å². The Labute approximate surface area is 386 Å². The predicted octanol–water partition coefficient (Wildman–Crippen LogP) is 8.66. The number of carbonyl (C=O) groups is 1. The molecule has 3 aromatic heterocycles. The van der Waals surface area contributed by atoms with Crippen LogP contribution in [0, 0.1) is 22.7 Å². The lowest BCUT2D eigenvalue weighted by Crippen LogP contribution is -2.49. The molecule has 4 aromatic carbocycles. The molecule has 2 N–H and O–H groups in total. The van der Waals surface area contributed by atoms with E-state index in [0.717, 1.165) is 43.3 Å². The standard InChI is InChI=1S/C23H19Cl2N7O.C22H19ClF2N6O/c24-17-2-3-18(25)16(12-17)14-31-6-8-32(9-7-31)23-22(29-21-5-10-33-30-21)27-19-4-1-15(13-26)11-20(19)28-23;23-16-4-2-15(3-5-16)22(32)31-9-7-30(8-10-31)21-20(27-13-19(24)25)28-17-6-1-14(12-26)11-18(17)29-21/h1-5,10-12H,6-9,14H2,(H,27,29,30);1-6,11,19H,7-10,13H2,(H,27,28). The van der Waals surface area contributed by atoms with Crippen LogP contribution in [0.1, 0.15) is 27.0 Å². The number of hydrogen-bond donors (Lipinski definition) is 2. The number of rotatable bonds is 10. The second kappa shape index (κ2) is 20.3. The van der Waals surface area contributed by atoms with E-state index in [0.29, 0.717) is 98.3 Å². The first-order valence-electron chi connectivity index (χ1n) is 20.4. The van der Waals surface area contributed by atoms with E-state index in [1.165, 1.54) is 6.26 Å². The summed E-state index contributed by atoms with van der Waals surface area (Å²) < 4.78 is 30.6. The topological polar surface area (TPSA) is 179 Å². The Balaban J connectivity index is 0.000000177. The SMILES string of the molecule is N#Cc1ccc2nc(NCC(F)F)c(N3CCN(C(=O)c4ccc(Cl)cc4)CC3)nc2c1.N#Cc1ccc2nc(Nc3ccon3)c(N3CCN(Cc4cc(Cl)ccc4Cl)CC3)nc2c1.